The summed E-state index contributed by atoms with van der Waals surface area (Å²) in [5.74, 6) is 0. The molecule has 0 aliphatic heterocycles. The highest BCUT2D eigenvalue weighted by molar-refractivity contribution is 5.69. The van der Waals surface area contributed by atoms with Crippen molar-refractivity contribution < 1.29 is 0 Å². The van der Waals surface area contributed by atoms with Crippen LogP contribution in [0.4, 0.5) is 0 Å². The third-order valence-electron chi connectivity index (χ3n) is 1.84. The summed E-state index contributed by atoms with van der Waals surface area (Å²) in [6.45, 7) is 7.95. The molecule has 0 saturated heterocycles. The topological polar surface area (TPSA) is 12.9 Å². The Balaban J connectivity index is 2.75. The predicted molar refractivity (Wildman–Crippen MR) is 62.0 cm³/mol. The molecule has 0 aliphatic rings. The molecule has 1 rings (SSSR count). The van der Waals surface area contributed by atoms with Gasteiger partial charge in [-0.1, -0.05) is 36.9 Å². The number of hydrogen-bond donors (Lipinski definition) is 0. The molecule has 0 N–H and O–H groups in total. The zero-order valence-electron chi connectivity index (χ0n) is 8.70. The van der Waals surface area contributed by atoms with Crippen LogP contribution in [0.15, 0.2) is 49.2 Å². The summed E-state index contributed by atoms with van der Waals surface area (Å²) in [4.78, 5) is 4.28. The molecule has 0 spiro atoms. The smallest absolute Gasteiger partial charge is 0.0696 e. The summed E-state index contributed by atoms with van der Waals surface area (Å²) in [7, 11) is 0. The van der Waals surface area contributed by atoms with Gasteiger partial charge in [0, 0.05) is 6.20 Å². The van der Waals surface area contributed by atoms with E-state index in [0.29, 0.717) is 0 Å². The molecule has 0 unspecified atom stereocenters. The van der Waals surface area contributed by atoms with Crippen LogP contribution in [0.25, 0.3) is 5.57 Å². The van der Waals surface area contributed by atoms with Gasteiger partial charge in [-0.3, -0.25) is 4.98 Å². The van der Waals surface area contributed by atoms with Crippen molar-refractivity contribution in [3.05, 3.63) is 60.5 Å². The second-order valence-electron chi connectivity index (χ2n) is 3.13. The van der Waals surface area contributed by atoms with Crippen LogP contribution in [0.5, 0.6) is 0 Å². The van der Waals surface area contributed by atoms with E-state index >= 15 is 0 Å². The van der Waals surface area contributed by atoms with Gasteiger partial charge in [0.15, 0.2) is 0 Å². The highest BCUT2D eigenvalue weighted by Crippen LogP contribution is 2.10. The number of aryl methyl sites for hydroxylation is 1. The Hall–Kier alpha value is -1.63. The predicted octanol–water partition coefficient (Wildman–Crippen LogP) is 3.54. The van der Waals surface area contributed by atoms with Gasteiger partial charge < -0.3 is 0 Å². The Labute approximate surface area is 85.5 Å². The lowest BCUT2D eigenvalue weighted by Gasteiger charge is -1.98. The molecule has 0 amide bonds. The first-order chi connectivity index (χ1) is 6.74. The number of pyridine rings is 1. The van der Waals surface area contributed by atoms with Crippen LogP contribution in [-0.2, 0) is 0 Å². The van der Waals surface area contributed by atoms with Gasteiger partial charge in [0.2, 0.25) is 0 Å². The van der Waals surface area contributed by atoms with Crippen molar-refractivity contribution in [2.75, 3.05) is 0 Å². The first-order valence-electron chi connectivity index (χ1n) is 4.65. The van der Waals surface area contributed by atoms with Gasteiger partial charge in [-0.25, -0.2) is 0 Å². The molecule has 0 aromatic carbocycles. The molecule has 14 heavy (non-hydrogen) atoms. The highest BCUT2D eigenvalue weighted by Gasteiger charge is 1.94. The minimum Gasteiger partial charge on any atom is -0.256 e. The van der Waals surface area contributed by atoms with Crippen LogP contribution < -0.4 is 0 Å². The van der Waals surface area contributed by atoms with E-state index < -0.39 is 0 Å². The summed E-state index contributed by atoms with van der Waals surface area (Å²) in [6, 6.07) is 4.02. The lowest BCUT2D eigenvalue weighted by Crippen LogP contribution is -1.85. The van der Waals surface area contributed by atoms with E-state index in [1.54, 1.807) is 0 Å². The van der Waals surface area contributed by atoms with Crippen LogP contribution in [-0.4, -0.2) is 4.98 Å². The van der Waals surface area contributed by atoms with Crippen LogP contribution in [0.2, 0.25) is 0 Å². The first kappa shape index (κ1) is 10.5. The van der Waals surface area contributed by atoms with Crippen LogP contribution >= 0.6 is 0 Å². The fourth-order valence-corrected chi connectivity index (χ4v) is 1.03. The number of aromatic nitrogens is 1. The van der Waals surface area contributed by atoms with Gasteiger partial charge in [0.05, 0.1) is 5.69 Å². The van der Waals surface area contributed by atoms with Gasteiger partial charge in [0.1, 0.15) is 0 Å². The molecule has 0 atom stereocenters. The van der Waals surface area contributed by atoms with Crippen LogP contribution in [0, 0.1) is 6.92 Å². The lowest BCUT2D eigenvalue weighted by atomic mass is 10.1. The summed E-state index contributed by atoms with van der Waals surface area (Å²) in [5.41, 5.74) is 3.03. The highest BCUT2D eigenvalue weighted by atomic mass is 14.7. The van der Waals surface area contributed by atoms with Crippen LogP contribution in [0.3, 0.4) is 0 Å². The van der Waals surface area contributed by atoms with Gasteiger partial charge in [-0.15, -0.1) is 0 Å². The molecule has 1 heteroatoms. The quantitative estimate of drug-likeness (QED) is 0.656. The summed E-state index contributed by atoms with van der Waals surface area (Å²) in [5, 5.41) is 0. The fourth-order valence-electron chi connectivity index (χ4n) is 1.03. The average molecular weight is 185 g/mol. The Kier molecular flexibility index (Phi) is 3.86. The standard InChI is InChI=1S/C13H15N/c1-4-5-6-7-12(3)13-9-8-11(2)10-14-13/h4-10H,3H2,1-2H3/b5-4-,7-6-. The maximum atomic E-state index is 4.28. The minimum absolute atomic E-state index is 0.927. The maximum Gasteiger partial charge on any atom is 0.0696 e. The van der Waals surface area contributed by atoms with Gasteiger partial charge in [0.25, 0.3) is 0 Å². The van der Waals surface area contributed by atoms with E-state index in [2.05, 4.69) is 11.6 Å². The molecule has 1 aromatic rings. The molecule has 0 fully saturated rings. The molecule has 0 bridgehead atoms. The molecule has 1 nitrogen and oxygen atoms in total. The Bertz CT molecular complexity index is 355. The number of hydrogen-bond acceptors (Lipinski definition) is 1. The monoisotopic (exact) mass is 185 g/mol. The van der Waals surface area contributed by atoms with Crippen molar-refractivity contribution >= 4 is 5.57 Å². The van der Waals surface area contributed by atoms with E-state index in [0.717, 1.165) is 11.3 Å². The fraction of sp³-hybridized carbons (Fsp3) is 0.154. The van der Waals surface area contributed by atoms with Crippen LogP contribution in [0.1, 0.15) is 18.2 Å². The second kappa shape index (κ2) is 5.18. The summed E-state index contributed by atoms with van der Waals surface area (Å²) >= 11 is 0. The Morgan fingerprint density at radius 3 is 2.71 bits per heavy atom. The third kappa shape index (κ3) is 3.02. The molecule has 1 heterocycles. The van der Waals surface area contributed by atoms with E-state index in [1.165, 1.54) is 5.56 Å². The van der Waals surface area contributed by atoms with Gasteiger partial charge >= 0.3 is 0 Å². The molecular weight excluding hydrogens is 170 g/mol. The molecule has 72 valence electrons. The van der Waals surface area contributed by atoms with Crippen molar-refractivity contribution in [1.82, 2.24) is 4.98 Å². The van der Waals surface area contributed by atoms with Crippen molar-refractivity contribution in [2.24, 2.45) is 0 Å². The van der Waals surface area contributed by atoms with E-state index in [4.69, 9.17) is 0 Å². The van der Waals surface area contributed by atoms with E-state index in [-0.39, 0.29) is 0 Å². The number of rotatable bonds is 3. The average Bonchev–Trinajstić information content (AvgIpc) is 2.19. The van der Waals surface area contributed by atoms with Crippen molar-refractivity contribution in [2.45, 2.75) is 13.8 Å². The number of nitrogens with zero attached hydrogens (tertiary/aromatic N) is 1. The third-order valence-corrected chi connectivity index (χ3v) is 1.84. The maximum absolute atomic E-state index is 4.28. The summed E-state index contributed by atoms with van der Waals surface area (Å²) in [6.07, 6.45) is 9.72. The van der Waals surface area contributed by atoms with Crippen molar-refractivity contribution in [1.29, 1.82) is 0 Å². The first-order valence-corrected chi connectivity index (χ1v) is 4.65. The van der Waals surface area contributed by atoms with E-state index in [1.807, 2.05) is 56.5 Å². The van der Waals surface area contributed by atoms with Crippen molar-refractivity contribution in [3.8, 4) is 0 Å². The molecule has 0 saturated carbocycles. The molecular formula is C13H15N. The Morgan fingerprint density at radius 2 is 2.14 bits per heavy atom. The summed E-state index contributed by atoms with van der Waals surface area (Å²) < 4.78 is 0. The zero-order valence-corrected chi connectivity index (χ0v) is 8.70. The van der Waals surface area contributed by atoms with E-state index in [9.17, 15) is 0 Å². The largest absolute Gasteiger partial charge is 0.256 e. The normalized spacial score (nSPS) is 11.3. The minimum atomic E-state index is 0.927. The van der Waals surface area contributed by atoms with Gasteiger partial charge in [-0.05, 0) is 31.1 Å². The Morgan fingerprint density at radius 1 is 1.36 bits per heavy atom. The molecule has 0 aliphatic carbocycles. The SMILES string of the molecule is C=C(/C=C\C=C/C)c1ccc(C)cn1. The second-order valence-corrected chi connectivity index (χ2v) is 3.13. The zero-order chi connectivity index (χ0) is 10.4. The molecule has 1 aromatic heterocycles. The number of allylic oxidation sites excluding steroid dienone is 5. The van der Waals surface area contributed by atoms with Crippen molar-refractivity contribution in [3.63, 3.8) is 0 Å². The molecule has 0 radical (unpaired) electrons. The lowest BCUT2D eigenvalue weighted by molar-refractivity contribution is 1.23. The van der Waals surface area contributed by atoms with Gasteiger partial charge in [-0.2, -0.15) is 0 Å².